The standard InChI is InChI=1S/C13H19NO3/c1-3-4-10-7-8-11(13(16)17-2)14(10)12(15)9-5-6-9/h3,9-11H,1,4-8H2,2H3. The van der Waals surface area contributed by atoms with Crippen LogP contribution in [-0.4, -0.2) is 36.0 Å². The number of methoxy groups -OCH3 is 1. The van der Waals surface area contributed by atoms with Gasteiger partial charge in [-0.1, -0.05) is 6.08 Å². The summed E-state index contributed by atoms with van der Waals surface area (Å²) in [4.78, 5) is 25.6. The number of likely N-dealkylation sites (tertiary alicyclic amines) is 1. The predicted molar refractivity (Wildman–Crippen MR) is 63.2 cm³/mol. The van der Waals surface area contributed by atoms with Crippen LogP contribution in [-0.2, 0) is 14.3 Å². The van der Waals surface area contributed by atoms with Crippen LogP contribution in [0.3, 0.4) is 0 Å². The highest BCUT2D eigenvalue weighted by atomic mass is 16.5. The Kier molecular flexibility index (Phi) is 3.50. The molecule has 0 N–H and O–H groups in total. The van der Waals surface area contributed by atoms with Gasteiger partial charge in [-0.2, -0.15) is 0 Å². The van der Waals surface area contributed by atoms with Crippen LogP contribution in [0.15, 0.2) is 12.7 Å². The number of hydrogen-bond donors (Lipinski definition) is 0. The first-order chi connectivity index (χ1) is 8.19. The van der Waals surface area contributed by atoms with Gasteiger partial charge in [-0.3, -0.25) is 4.79 Å². The van der Waals surface area contributed by atoms with E-state index in [-0.39, 0.29) is 29.9 Å². The lowest BCUT2D eigenvalue weighted by Crippen LogP contribution is -2.46. The van der Waals surface area contributed by atoms with E-state index < -0.39 is 0 Å². The Morgan fingerprint density at radius 3 is 2.59 bits per heavy atom. The van der Waals surface area contributed by atoms with Gasteiger partial charge in [0.1, 0.15) is 6.04 Å². The number of nitrogens with zero attached hydrogens (tertiary/aromatic N) is 1. The first-order valence-corrected chi connectivity index (χ1v) is 6.20. The summed E-state index contributed by atoms with van der Waals surface area (Å²) in [6.07, 6.45) is 6.07. The van der Waals surface area contributed by atoms with Crippen LogP contribution in [0.1, 0.15) is 32.1 Å². The summed E-state index contributed by atoms with van der Waals surface area (Å²) in [7, 11) is 1.38. The second kappa shape index (κ2) is 4.90. The molecular formula is C13H19NO3. The third-order valence-electron chi connectivity index (χ3n) is 3.60. The largest absolute Gasteiger partial charge is 0.467 e. The fourth-order valence-corrected chi connectivity index (χ4v) is 2.55. The van der Waals surface area contributed by atoms with Gasteiger partial charge in [-0.05, 0) is 32.1 Å². The fourth-order valence-electron chi connectivity index (χ4n) is 2.55. The predicted octanol–water partition coefficient (Wildman–Crippen LogP) is 1.51. The molecule has 1 saturated carbocycles. The van der Waals surface area contributed by atoms with E-state index in [0.717, 1.165) is 25.7 Å². The van der Waals surface area contributed by atoms with Crippen molar-refractivity contribution in [3.05, 3.63) is 12.7 Å². The maximum Gasteiger partial charge on any atom is 0.328 e. The van der Waals surface area contributed by atoms with Gasteiger partial charge in [0.2, 0.25) is 5.91 Å². The molecule has 0 radical (unpaired) electrons. The van der Waals surface area contributed by atoms with Crippen LogP contribution in [0.4, 0.5) is 0 Å². The van der Waals surface area contributed by atoms with Gasteiger partial charge in [-0.25, -0.2) is 4.79 Å². The molecule has 1 heterocycles. The monoisotopic (exact) mass is 237 g/mol. The molecule has 2 fully saturated rings. The third-order valence-corrected chi connectivity index (χ3v) is 3.60. The molecule has 4 heteroatoms. The number of amides is 1. The van der Waals surface area contributed by atoms with Crippen molar-refractivity contribution in [1.29, 1.82) is 0 Å². The van der Waals surface area contributed by atoms with E-state index in [1.54, 1.807) is 4.90 Å². The minimum Gasteiger partial charge on any atom is -0.467 e. The Balaban J connectivity index is 2.13. The Hall–Kier alpha value is -1.32. The Morgan fingerprint density at radius 1 is 1.35 bits per heavy atom. The van der Waals surface area contributed by atoms with Crippen molar-refractivity contribution in [2.75, 3.05) is 7.11 Å². The van der Waals surface area contributed by atoms with Gasteiger partial charge in [0.25, 0.3) is 0 Å². The molecule has 1 aliphatic carbocycles. The highest BCUT2D eigenvalue weighted by Crippen LogP contribution is 2.36. The summed E-state index contributed by atoms with van der Waals surface area (Å²) >= 11 is 0. The Bertz CT molecular complexity index is 336. The van der Waals surface area contributed by atoms with E-state index in [4.69, 9.17) is 4.74 Å². The van der Waals surface area contributed by atoms with E-state index in [1.165, 1.54) is 7.11 Å². The van der Waals surface area contributed by atoms with Crippen LogP contribution in [0, 0.1) is 5.92 Å². The molecule has 17 heavy (non-hydrogen) atoms. The van der Waals surface area contributed by atoms with Crippen LogP contribution in [0.25, 0.3) is 0 Å². The average molecular weight is 237 g/mol. The van der Waals surface area contributed by atoms with Crippen LogP contribution in [0.5, 0.6) is 0 Å². The Labute approximate surface area is 102 Å². The SMILES string of the molecule is C=CCC1CCC(C(=O)OC)N1C(=O)C1CC1. The first kappa shape index (κ1) is 12.1. The summed E-state index contributed by atoms with van der Waals surface area (Å²) in [6.45, 7) is 3.71. The van der Waals surface area contributed by atoms with E-state index in [1.807, 2.05) is 6.08 Å². The number of rotatable bonds is 4. The maximum atomic E-state index is 12.2. The topological polar surface area (TPSA) is 46.6 Å². The van der Waals surface area contributed by atoms with Gasteiger partial charge in [0, 0.05) is 12.0 Å². The van der Waals surface area contributed by atoms with Gasteiger partial charge in [-0.15, -0.1) is 6.58 Å². The molecule has 1 saturated heterocycles. The molecular weight excluding hydrogens is 218 g/mol. The van der Waals surface area contributed by atoms with Crippen molar-refractivity contribution >= 4 is 11.9 Å². The smallest absolute Gasteiger partial charge is 0.328 e. The molecule has 2 rings (SSSR count). The van der Waals surface area contributed by atoms with Crippen LogP contribution < -0.4 is 0 Å². The lowest BCUT2D eigenvalue weighted by atomic mass is 10.1. The van der Waals surface area contributed by atoms with Crippen molar-refractivity contribution in [3.63, 3.8) is 0 Å². The lowest BCUT2D eigenvalue weighted by Gasteiger charge is -2.28. The highest BCUT2D eigenvalue weighted by molar-refractivity contribution is 5.88. The summed E-state index contributed by atoms with van der Waals surface area (Å²) in [5.74, 6) is -0.0112. The second-order valence-electron chi connectivity index (χ2n) is 4.81. The molecule has 0 bridgehead atoms. The maximum absolute atomic E-state index is 12.2. The van der Waals surface area contributed by atoms with Gasteiger partial charge < -0.3 is 9.64 Å². The molecule has 0 aromatic rings. The van der Waals surface area contributed by atoms with Gasteiger partial charge in [0.05, 0.1) is 7.11 Å². The summed E-state index contributed by atoms with van der Waals surface area (Å²) in [6, 6.07) is -0.247. The van der Waals surface area contributed by atoms with Crippen LogP contribution >= 0.6 is 0 Å². The van der Waals surface area contributed by atoms with Crippen molar-refractivity contribution in [3.8, 4) is 0 Å². The minimum absolute atomic E-state index is 0.129. The molecule has 0 spiro atoms. The zero-order valence-electron chi connectivity index (χ0n) is 10.2. The molecule has 2 aliphatic rings. The van der Waals surface area contributed by atoms with E-state index in [0.29, 0.717) is 6.42 Å². The average Bonchev–Trinajstić information content (AvgIpc) is 3.10. The Morgan fingerprint density at radius 2 is 2.06 bits per heavy atom. The highest BCUT2D eigenvalue weighted by Gasteiger charge is 2.45. The number of carbonyl (C=O) groups is 2. The quantitative estimate of drug-likeness (QED) is 0.550. The summed E-state index contributed by atoms with van der Waals surface area (Å²) in [5.41, 5.74) is 0. The third kappa shape index (κ3) is 2.35. The molecule has 2 unspecified atom stereocenters. The number of esters is 1. The molecule has 94 valence electrons. The fraction of sp³-hybridized carbons (Fsp3) is 0.692. The van der Waals surface area contributed by atoms with E-state index in [2.05, 4.69) is 6.58 Å². The molecule has 1 amide bonds. The zero-order chi connectivity index (χ0) is 12.4. The number of carbonyl (C=O) groups excluding carboxylic acids is 2. The van der Waals surface area contributed by atoms with E-state index in [9.17, 15) is 9.59 Å². The summed E-state index contributed by atoms with van der Waals surface area (Å²) < 4.78 is 4.78. The molecule has 0 aromatic heterocycles. The van der Waals surface area contributed by atoms with Crippen molar-refractivity contribution < 1.29 is 14.3 Å². The molecule has 1 aliphatic heterocycles. The zero-order valence-corrected chi connectivity index (χ0v) is 10.2. The van der Waals surface area contributed by atoms with Gasteiger partial charge >= 0.3 is 5.97 Å². The minimum atomic E-state index is -0.377. The van der Waals surface area contributed by atoms with Crippen molar-refractivity contribution in [2.45, 2.75) is 44.2 Å². The second-order valence-corrected chi connectivity index (χ2v) is 4.81. The van der Waals surface area contributed by atoms with E-state index >= 15 is 0 Å². The molecule has 2 atom stereocenters. The van der Waals surface area contributed by atoms with Crippen molar-refractivity contribution in [2.24, 2.45) is 5.92 Å². The molecule has 0 aromatic carbocycles. The lowest BCUT2D eigenvalue weighted by molar-refractivity contribution is -0.152. The summed E-state index contributed by atoms with van der Waals surface area (Å²) in [5, 5.41) is 0. The normalized spacial score (nSPS) is 27.9. The van der Waals surface area contributed by atoms with Crippen LogP contribution in [0.2, 0.25) is 0 Å². The number of hydrogen-bond acceptors (Lipinski definition) is 3. The number of ether oxygens (including phenoxy) is 1. The first-order valence-electron chi connectivity index (χ1n) is 6.20. The van der Waals surface area contributed by atoms with Gasteiger partial charge in [0.15, 0.2) is 0 Å². The molecule has 4 nitrogen and oxygen atoms in total. The van der Waals surface area contributed by atoms with Crippen molar-refractivity contribution in [1.82, 2.24) is 4.90 Å².